The summed E-state index contributed by atoms with van der Waals surface area (Å²) in [5.41, 5.74) is -0.0499. The smallest absolute Gasteiger partial charge is 0.425 e. The molecule has 0 aromatic heterocycles. The van der Waals surface area contributed by atoms with Crippen LogP contribution in [0.5, 0.6) is 0 Å². The summed E-state index contributed by atoms with van der Waals surface area (Å²) in [6.07, 6.45) is -5.76. The van der Waals surface area contributed by atoms with Crippen molar-refractivity contribution >= 4 is 11.9 Å². The standard InChI is InChI=1S/C7H9F3O2.C3H4O2/c1-4(2)6(11)12-5(3)7(8,9)10;1-2-3(4)5/h5H,1H2,2-3H3;2H,1H2,(H,4,5). The Morgan fingerprint density at radius 3 is 1.94 bits per heavy atom. The highest BCUT2D eigenvalue weighted by atomic mass is 19.4. The summed E-state index contributed by atoms with van der Waals surface area (Å²) < 4.78 is 39.3. The number of aliphatic carboxylic acids is 1. The normalized spacial score (nSPS) is 11.6. The van der Waals surface area contributed by atoms with Crippen molar-refractivity contribution in [2.24, 2.45) is 0 Å². The number of carboxylic acids is 1. The Morgan fingerprint density at radius 1 is 1.41 bits per heavy atom. The van der Waals surface area contributed by atoms with Crippen LogP contribution in [0.3, 0.4) is 0 Å². The topological polar surface area (TPSA) is 63.6 Å². The molecule has 0 saturated heterocycles. The summed E-state index contributed by atoms with van der Waals surface area (Å²) in [5, 5.41) is 7.60. The number of rotatable bonds is 3. The molecule has 0 aromatic rings. The maximum Gasteiger partial charge on any atom is 0.425 e. The van der Waals surface area contributed by atoms with Crippen LogP contribution < -0.4 is 0 Å². The lowest BCUT2D eigenvalue weighted by Gasteiger charge is -2.15. The first-order chi connectivity index (χ1) is 7.52. The molecule has 0 aliphatic carbocycles. The fourth-order valence-corrected chi connectivity index (χ4v) is 0.328. The van der Waals surface area contributed by atoms with Gasteiger partial charge in [-0.1, -0.05) is 13.2 Å². The van der Waals surface area contributed by atoms with Crippen LogP contribution in [0.4, 0.5) is 13.2 Å². The summed E-state index contributed by atoms with van der Waals surface area (Å²) in [6, 6.07) is 0. The molecule has 98 valence electrons. The number of ether oxygens (including phenoxy) is 1. The molecular weight excluding hydrogens is 241 g/mol. The molecule has 17 heavy (non-hydrogen) atoms. The Kier molecular flexibility index (Phi) is 7.74. The van der Waals surface area contributed by atoms with Crippen LogP contribution in [0.2, 0.25) is 0 Å². The minimum atomic E-state index is -4.51. The zero-order chi connectivity index (χ0) is 14.2. The number of alkyl halides is 3. The third kappa shape index (κ3) is 10.5. The minimum absolute atomic E-state index is 0.0499. The van der Waals surface area contributed by atoms with E-state index in [4.69, 9.17) is 5.11 Å². The zero-order valence-electron chi connectivity index (χ0n) is 9.37. The van der Waals surface area contributed by atoms with E-state index in [-0.39, 0.29) is 5.57 Å². The third-order valence-electron chi connectivity index (χ3n) is 1.27. The summed E-state index contributed by atoms with van der Waals surface area (Å²) in [5.74, 6) is -2.01. The fourth-order valence-electron chi connectivity index (χ4n) is 0.328. The predicted octanol–water partition coefficient (Wildman–Crippen LogP) is 2.31. The number of esters is 1. The zero-order valence-corrected chi connectivity index (χ0v) is 9.37. The van der Waals surface area contributed by atoms with E-state index in [1.54, 1.807) is 0 Å². The van der Waals surface area contributed by atoms with E-state index in [2.05, 4.69) is 17.9 Å². The van der Waals surface area contributed by atoms with Crippen LogP contribution in [0.15, 0.2) is 24.8 Å². The molecule has 0 rings (SSSR count). The van der Waals surface area contributed by atoms with Crippen molar-refractivity contribution in [1.29, 1.82) is 0 Å². The van der Waals surface area contributed by atoms with Crippen molar-refractivity contribution in [3.63, 3.8) is 0 Å². The van der Waals surface area contributed by atoms with Crippen molar-refractivity contribution in [3.05, 3.63) is 24.8 Å². The van der Waals surface area contributed by atoms with Gasteiger partial charge in [-0.3, -0.25) is 0 Å². The lowest BCUT2D eigenvalue weighted by Crippen LogP contribution is -2.30. The fraction of sp³-hybridized carbons (Fsp3) is 0.400. The number of carbonyl (C=O) groups is 2. The molecule has 0 spiro atoms. The molecule has 0 heterocycles. The van der Waals surface area contributed by atoms with Gasteiger partial charge in [0.2, 0.25) is 0 Å². The maximum atomic E-state index is 11.8. The second-order valence-electron chi connectivity index (χ2n) is 2.91. The van der Waals surface area contributed by atoms with Gasteiger partial charge < -0.3 is 9.84 Å². The van der Waals surface area contributed by atoms with Gasteiger partial charge in [0.15, 0.2) is 6.10 Å². The van der Waals surface area contributed by atoms with E-state index < -0.39 is 24.2 Å². The Bertz CT molecular complexity index is 307. The van der Waals surface area contributed by atoms with Crippen LogP contribution in [0, 0.1) is 0 Å². The van der Waals surface area contributed by atoms with Crippen LogP contribution >= 0.6 is 0 Å². The number of halogens is 3. The Labute approximate surface area is 96.4 Å². The Balaban J connectivity index is 0. The SMILES string of the molecule is C=C(C)C(=O)OC(C)C(F)(F)F.C=CC(=O)O. The second kappa shape index (κ2) is 7.48. The summed E-state index contributed by atoms with van der Waals surface area (Å²) in [7, 11) is 0. The number of hydrogen-bond donors (Lipinski definition) is 1. The van der Waals surface area contributed by atoms with Crippen LogP contribution in [0.1, 0.15) is 13.8 Å². The summed E-state index contributed by atoms with van der Waals surface area (Å²) in [4.78, 5) is 19.8. The number of carboxylic acid groups (broad SMARTS) is 1. The predicted molar refractivity (Wildman–Crippen MR) is 54.3 cm³/mol. The molecule has 0 aromatic carbocycles. The van der Waals surface area contributed by atoms with Gasteiger partial charge in [0.25, 0.3) is 0 Å². The molecule has 1 N–H and O–H groups in total. The van der Waals surface area contributed by atoms with Crippen LogP contribution in [0.25, 0.3) is 0 Å². The van der Waals surface area contributed by atoms with Gasteiger partial charge in [-0.05, 0) is 13.8 Å². The van der Waals surface area contributed by atoms with Gasteiger partial charge in [0.1, 0.15) is 0 Å². The second-order valence-corrected chi connectivity index (χ2v) is 2.91. The van der Waals surface area contributed by atoms with E-state index in [0.717, 1.165) is 13.0 Å². The number of carbonyl (C=O) groups excluding carboxylic acids is 1. The first-order valence-electron chi connectivity index (χ1n) is 4.31. The minimum Gasteiger partial charge on any atom is -0.478 e. The molecular formula is C10H13F3O4. The van der Waals surface area contributed by atoms with Gasteiger partial charge in [0.05, 0.1) is 0 Å². The average molecular weight is 254 g/mol. The van der Waals surface area contributed by atoms with E-state index in [9.17, 15) is 22.8 Å². The molecule has 0 saturated carbocycles. The maximum absolute atomic E-state index is 11.8. The van der Waals surface area contributed by atoms with Crippen molar-refractivity contribution in [1.82, 2.24) is 0 Å². The molecule has 1 unspecified atom stereocenters. The average Bonchev–Trinajstić information content (AvgIpc) is 2.16. The molecule has 0 amide bonds. The van der Waals surface area contributed by atoms with Gasteiger partial charge >= 0.3 is 18.1 Å². The monoisotopic (exact) mass is 254 g/mol. The van der Waals surface area contributed by atoms with Gasteiger partial charge in [-0.2, -0.15) is 13.2 Å². The molecule has 4 nitrogen and oxygen atoms in total. The van der Waals surface area contributed by atoms with Gasteiger partial charge in [-0.15, -0.1) is 0 Å². The largest absolute Gasteiger partial charge is 0.478 e. The molecule has 0 bridgehead atoms. The summed E-state index contributed by atoms with van der Waals surface area (Å²) >= 11 is 0. The highest BCUT2D eigenvalue weighted by Gasteiger charge is 2.39. The highest BCUT2D eigenvalue weighted by molar-refractivity contribution is 5.87. The number of hydrogen-bond acceptors (Lipinski definition) is 3. The third-order valence-corrected chi connectivity index (χ3v) is 1.27. The quantitative estimate of drug-likeness (QED) is 0.620. The van der Waals surface area contributed by atoms with Crippen LogP contribution in [-0.2, 0) is 14.3 Å². The Hall–Kier alpha value is -1.79. The van der Waals surface area contributed by atoms with E-state index in [1.165, 1.54) is 6.92 Å². The van der Waals surface area contributed by atoms with Gasteiger partial charge in [0, 0.05) is 11.6 Å². The lowest BCUT2D eigenvalue weighted by molar-refractivity contribution is -0.213. The molecule has 1 atom stereocenters. The highest BCUT2D eigenvalue weighted by Crippen LogP contribution is 2.22. The van der Waals surface area contributed by atoms with Crippen molar-refractivity contribution in [2.75, 3.05) is 0 Å². The van der Waals surface area contributed by atoms with Crippen LogP contribution in [-0.4, -0.2) is 29.3 Å². The molecule has 7 heteroatoms. The van der Waals surface area contributed by atoms with E-state index in [1.807, 2.05) is 0 Å². The summed E-state index contributed by atoms with van der Waals surface area (Å²) in [6.45, 7) is 8.16. The molecule has 0 aliphatic heterocycles. The van der Waals surface area contributed by atoms with Crippen molar-refractivity contribution in [2.45, 2.75) is 26.1 Å². The first kappa shape index (κ1) is 17.6. The molecule has 0 radical (unpaired) electrons. The molecule has 0 fully saturated rings. The Morgan fingerprint density at radius 2 is 1.76 bits per heavy atom. The first-order valence-corrected chi connectivity index (χ1v) is 4.31. The van der Waals surface area contributed by atoms with Crippen molar-refractivity contribution in [3.8, 4) is 0 Å². The van der Waals surface area contributed by atoms with Gasteiger partial charge in [-0.25, -0.2) is 9.59 Å². The van der Waals surface area contributed by atoms with E-state index >= 15 is 0 Å². The van der Waals surface area contributed by atoms with Crippen molar-refractivity contribution < 1.29 is 32.6 Å². The van der Waals surface area contributed by atoms with E-state index in [0.29, 0.717) is 0 Å². The molecule has 0 aliphatic rings. The lowest BCUT2D eigenvalue weighted by atomic mass is 10.3.